The summed E-state index contributed by atoms with van der Waals surface area (Å²) in [6.07, 6.45) is 8.00. The van der Waals surface area contributed by atoms with Gasteiger partial charge in [0.05, 0.1) is 12.1 Å². The molecule has 1 N–H and O–H groups in total. The fourth-order valence-corrected chi connectivity index (χ4v) is 4.68. The largest absolute Gasteiger partial charge is 0.342 e. The molecule has 1 fully saturated rings. The van der Waals surface area contributed by atoms with Gasteiger partial charge in [-0.15, -0.1) is 11.8 Å². The second-order valence-electron chi connectivity index (χ2n) is 6.56. The zero-order valence-electron chi connectivity index (χ0n) is 13.5. The van der Waals surface area contributed by atoms with Gasteiger partial charge in [0.1, 0.15) is 0 Å². The molecule has 0 bridgehead atoms. The van der Waals surface area contributed by atoms with Crippen LogP contribution in [0.15, 0.2) is 48.8 Å². The molecule has 4 nitrogen and oxygen atoms in total. The molecule has 2 atom stereocenters. The maximum Gasteiger partial charge on any atom is 0.230 e. The summed E-state index contributed by atoms with van der Waals surface area (Å²) in [7, 11) is 0. The molecule has 2 unspecified atom stereocenters. The number of thioether (sulfide) groups is 1. The number of aromatic nitrogens is 2. The van der Waals surface area contributed by atoms with Gasteiger partial charge in [-0.25, -0.2) is 0 Å². The number of nitrogens with zero attached hydrogens (tertiary/aromatic N) is 2. The molecular formula is C19H21N3OS. The van der Waals surface area contributed by atoms with Gasteiger partial charge in [0, 0.05) is 35.5 Å². The Hall–Kier alpha value is -2.01. The molecule has 1 amide bonds. The van der Waals surface area contributed by atoms with Crippen molar-refractivity contribution in [3.05, 3.63) is 59.9 Å². The number of amides is 1. The molecule has 124 valence electrons. The summed E-state index contributed by atoms with van der Waals surface area (Å²) >= 11 is 1.75. The number of benzene rings is 1. The average molecular weight is 339 g/mol. The Morgan fingerprint density at radius 3 is 3.00 bits per heavy atom. The average Bonchev–Trinajstić information content (AvgIpc) is 3.36. The minimum Gasteiger partial charge on any atom is -0.342 e. The summed E-state index contributed by atoms with van der Waals surface area (Å²) in [5, 5.41) is 6.82. The fourth-order valence-electron chi connectivity index (χ4n) is 3.55. The van der Waals surface area contributed by atoms with Crippen LogP contribution in [0.2, 0.25) is 0 Å². The van der Waals surface area contributed by atoms with Gasteiger partial charge >= 0.3 is 0 Å². The van der Waals surface area contributed by atoms with Gasteiger partial charge in [-0.05, 0) is 24.3 Å². The van der Waals surface area contributed by atoms with Crippen molar-refractivity contribution >= 4 is 22.6 Å². The summed E-state index contributed by atoms with van der Waals surface area (Å²) in [5.41, 5.74) is 2.45. The fraction of sp³-hybridized carbons (Fsp3) is 0.368. The highest BCUT2D eigenvalue weighted by Gasteiger charge is 2.32. The molecule has 1 saturated heterocycles. The molecular weight excluding hydrogens is 318 g/mol. The predicted molar refractivity (Wildman–Crippen MR) is 97.3 cm³/mol. The Balaban J connectivity index is 1.36. The highest BCUT2D eigenvalue weighted by molar-refractivity contribution is 8.08. The SMILES string of the molecule is O=C(C1C=C(c2cn[nH]c2)SC1)N1CCC(Cc2ccccc2)C1. The van der Waals surface area contributed by atoms with Gasteiger partial charge in [-0.1, -0.05) is 36.4 Å². The minimum atomic E-state index is 0.00961. The van der Waals surface area contributed by atoms with E-state index in [0.29, 0.717) is 5.92 Å². The van der Waals surface area contributed by atoms with Crippen molar-refractivity contribution < 1.29 is 4.79 Å². The van der Waals surface area contributed by atoms with E-state index in [2.05, 4.69) is 51.5 Å². The van der Waals surface area contributed by atoms with E-state index in [9.17, 15) is 4.79 Å². The predicted octanol–water partition coefficient (Wildman–Crippen LogP) is 3.20. The number of aromatic amines is 1. The number of nitrogens with one attached hydrogen (secondary N) is 1. The van der Waals surface area contributed by atoms with E-state index >= 15 is 0 Å². The van der Waals surface area contributed by atoms with Crippen LogP contribution in [-0.2, 0) is 11.2 Å². The Kier molecular flexibility index (Phi) is 4.43. The lowest BCUT2D eigenvalue weighted by atomic mass is 9.99. The van der Waals surface area contributed by atoms with Gasteiger partial charge in [0.25, 0.3) is 0 Å². The highest BCUT2D eigenvalue weighted by atomic mass is 32.2. The van der Waals surface area contributed by atoms with Crippen molar-refractivity contribution in [1.82, 2.24) is 15.1 Å². The normalized spacial score (nSPS) is 23.5. The van der Waals surface area contributed by atoms with Gasteiger partial charge in [-0.2, -0.15) is 5.10 Å². The van der Waals surface area contributed by atoms with E-state index in [0.717, 1.165) is 37.2 Å². The third kappa shape index (κ3) is 3.26. The lowest BCUT2D eigenvalue weighted by Crippen LogP contribution is -2.34. The van der Waals surface area contributed by atoms with Gasteiger partial charge in [-0.3, -0.25) is 9.89 Å². The summed E-state index contributed by atoms with van der Waals surface area (Å²) in [4.78, 5) is 16.0. The van der Waals surface area contributed by atoms with Crippen molar-refractivity contribution in [3.8, 4) is 0 Å². The first-order valence-corrected chi connectivity index (χ1v) is 9.44. The third-order valence-electron chi connectivity index (χ3n) is 4.84. The Bertz CT molecular complexity index is 726. The third-order valence-corrected chi connectivity index (χ3v) is 6.04. The Labute approximate surface area is 146 Å². The summed E-state index contributed by atoms with van der Waals surface area (Å²) in [5.74, 6) is 1.73. The monoisotopic (exact) mass is 339 g/mol. The first-order valence-electron chi connectivity index (χ1n) is 8.46. The molecule has 4 rings (SSSR count). The number of carbonyl (C=O) groups is 1. The van der Waals surface area contributed by atoms with Gasteiger partial charge in [0.15, 0.2) is 0 Å². The second kappa shape index (κ2) is 6.85. The zero-order chi connectivity index (χ0) is 16.4. The van der Waals surface area contributed by atoms with E-state index in [1.54, 1.807) is 11.8 Å². The lowest BCUT2D eigenvalue weighted by Gasteiger charge is -2.19. The van der Waals surface area contributed by atoms with E-state index < -0.39 is 0 Å². The molecule has 5 heteroatoms. The molecule has 0 radical (unpaired) electrons. The molecule has 0 saturated carbocycles. The molecule has 1 aromatic carbocycles. The maximum absolute atomic E-state index is 12.8. The Morgan fingerprint density at radius 1 is 1.33 bits per heavy atom. The number of H-pyrrole nitrogens is 1. The van der Waals surface area contributed by atoms with Crippen LogP contribution in [-0.4, -0.2) is 39.8 Å². The first-order chi connectivity index (χ1) is 11.8. The van der Waals surface area contributed by atoms with Crippen LogP contribution in [0.5, 0.6) is 0 Å². The number of hydrogen-bond donors (Lipinski definition) is 1. The van der Waals surface area contributed by atoms with Gasteiger partial charge < -0.3 is 4.90 Å². The van der Waals surface area contributed by atoms with Crippen molar-refractivity contribution in [2.75, 3.05) is 18.8 Å². The van der Waals surface area contributed by atoms with Crippen molar-refractivity contribution in [2.24, 2.45) is 11.8 Å². The molecule has 2 aromatic rings. The van der Waals surface area contributed by atoms with Crippen molar-refractivity contribution in [1.29, 1.82) is 0 Å². The van der Waals surface area contributed by atoms with Gasteiger partial charge in [0.2, 0.25) is 5.91 Å². The molecule has 2 aliphatic heterocycles. The molecule has 0 spiro atoms. The topological polar surface area (TPSA) is 49.0 Å². The molecule has 1 aromatic heterocycles. The summed E-state index contributed by atoms with van der Waals surface area (Å²) in [6.45, 7) is 1.79. The van der Waals surface area contributed by atoms with Crippen LogP contribution in [0.25, 0.3) is 4.91 Å². The maximum atomic E-state index is 12.8. The molecule has 0 aliphatic carbocycles. The summed E-state index contributed by atoms with van der Waals surface area (Å²) in [6, 6.07) is 10.6. The quantitative estimate of drug-likeness (QED) is 0.930. The molecule has 3 heterocycles. The highest BCUT2D eigenvalue weighted by Crippen LogP contribution is 2.37. The molecule has 24 heavy (non-hydrogen) atoms. The van der Waals surface area contributed by atoms with E-state index in [1.165, 1.54) is 10.5 Å². The van der Waals surface area contributed by atoms with E-state index in [4.69, 9.17) is 0 Å². The summed E-state index contributed by atoms with van der Waals surface area (Å²) < 4.78 is 0. The first kappa shape index (κ1) is 15.5. The number of rotatable bonds is 4. The zero-order valence-corrected chi connectivity index (χ0v) is 14.3. The van der Waals surface area contributed by atoms with Crippen LogP contribution in [0.4, 0.5) is 0 Å². The van der Waals surface area contributed by atoms with E-state index in [-0.39, 0.29) is 11.8 Å². The smallest absolute Gasteiger partial charge is 0.230 e. The van der Waals surface area contributed by atoms with Crippen LogP contribution >= 0.6 is 11.8 Å². The minimum absolute atomic E-state index is 0.00961. The second-order valence-corrected chi connectivity index (χ2v) is 7.63. The number of carbonyl (C=O) groups excluding carboxylic acids is 1. The lowest BCUT2D eigenvalue weighted by molar-refractivity contribution is -0.132. The van der Waals surface area contributed by atoms with Crippen molar-refractivity contribution in [3.63, 3.8) is 0 Å². The van der Waals surface area contributed by atoms with Crippen LogP contribution in [0.3, 0.4) is 0 Å². The standard InChI is InChI=1S/C19H21N3OS/c23-19(16-9-18(24-13-16)17-10-20-21-11-17)22-7-6-15(12-22)8-14-4-2-1-3-5-14/h1-5,9-11,15-16H,6-8,12-13H2,(H,20,21). The van der Waals surface area contributed by atoms with Crippen molar-refractivity contribution in [2.45, 2.75) is 12.8 Å². The Morgan fingerprint density at radius 2 is 2.21 bits per heavy atom. The van der Waals surface area contributed by atoms with Crippen LogP contribution in [0.1, 0.15) is 17.5 Å². The van der Waals surface area contributed by atoms with Crippen LogP contribution < -0.4 is 0 Å². The molecule has 2 aliphatic rings. The van der Waals surface area contributed by atoms with Crippen LogP contribution in [0, 0.1) is 11.8 Å². The van der Waals surface area contributed by atoms with E-state index in [1.807, 2.05) is 12.4 Å². The number of likely N-dealkylation sites (tertiary alicyclic amines) is 1. The number of hydrogen-bond acceptors (Lipinski definition) is 3.